The highest BCUT2D eigenvalue weighted by molar-refractivity contribution is 6.01. The van der Waals surface area contributed by atoms with Gasteiger partial charge in [0, 0.05) is 19.5 Å². The quantitative estimate of drug-likeness (QED) is 0.0598. The van der Waals surface area contributed by atoms with Crippen molar-refractivity contribution in [3.05, 3.63) is 71.8 Å². The molecule has 0 spiro atoms. The summed E-state index contributed by atoms with van der Waals surface area (Å²) in [7, 11) is 0. The van der Waals surface area contributed by atoms with E-state index < -0.39 is 47.5 Å². The molecule has 2 heterocycles. The molecule has 0 aromatic heterocycles. The number of morpholine rings is 1. The predicted molar refractivity (Wildman–Crippen MR) is 202 cm³/mol. The van der Waals surface area contributed by atoms with E-state index in [0.717, 1.165) is 11.1 Å². The summed E-state index contributed by atoms with van der Waals surface area (Å²) in [5.74, 6) is -1.56. The molecule has 2 aliphatic rings. The van der Waals surface area contributed by atoms with Crippen LogP contribution >= 0.6 is 0 Å². The van der Waals surface area contributed by atoms with Crippen molar-refractivity contribution in [2.24, 2.45) is 17.0 Å². The zero-order valence-electron chi connectivity index (χ0n) is 31.8. The molecule has 4 amide bonds. The molecule has 53 heavy (non-hydrogen) atoms. The van der Waals surface area contributed by atoms with Crippen molar-refractivity contribution >= 4 is 29.3 Å². The van der Waals surface area contributed by atoms with Gasteiger partial charge in [-0.25, -0.2) is 0 Å². The molecule has 290 valence electrons. The number of epoxide rings is 1. The molecule has 0 aliphatic carbocycles. The fourth-order valence-corrected chi connectivity index (χ4v) is 6.52. The van der Waals surface area contributed by atoms with E-state index in [4.69, 9.17) is 9.47 Å². The zero-order chi connectivity index (χ0) is 38.4. The van der Waals surface area contributed by atoms with Gasteiger partial charge in [0.1, 0.15) is 29.4 Å². The van der Waals surface area contributed by atoms with Crippen molar-refractivity contribution < 1.29 is 33.9 Å². The van der Waals surface area contributed by atoms with Gasteiger partial charge in [0.25, 0.3) is 0 Å². The standard InChI is InChI=1S/C40H58N6O7/c1-27(2)22-32(36(45-51)40(5)26-53-40)42-39(50)34(24-30-14-10-7-11-15-30)44-38(49)33(23-28(3)4)43-37(48)31(17-16-29-12-8-6-9-13-29)41-35(47)25-46-18-20-52-21-19-46/h6-15,27-28,31-34,51H,16-26H2,1-5H3,(H,41,47)(H,42,50)(H,43,48)(H,44,49)/t31-,32-,33-,34-,40+/m0/s1. The lowest BCUT2D eigenvalue weighted by Gasteiger charge is -2.29. The van der Waals surface area contributed by atoms with Crippen LogP contribution in [0.4, 0.5) is 0 Å². The van der Waals surface area contributed by atoms with Crippen LogP contribution in [0, 0.1) is 11.8 Å². The lowest BCUT2D eigenvalue weighted by atomic mass is 9.92. The molecule has 0 saturated carbocycles. The predicted octanol–water partition coefficient (Wildman–Crippen LogP) is 2.84. The van der Waals surface area contributed by atoms with Crippen molar-refractivity contribution in [3.8, 4) is 0 Å². The Bertz CT molecular complexity index is 1510. The van der Waals surface area contributed by atoms with E-state index in [1.54, 1.807) is 0 Å². The van der Waals surface area contributed by atoms with E-state index in [1.165, 1.54) is 0 Å². The number of hydrogen-bond acceptors (Lipinski definition) is 9. The molecule has 5 atom stereocenters. The molecule has 2 aromatic rings. The molecular formula is C40H58N6O7. The van der Waals surface area contributed by atoms with E-state index >= 15 is 0 Å². The number of oxime groups is 1. The Balaban J connectivity index is 1.53. The van der Waals surface area contributed by atoms with E-state index in [0.29, 0.717) is 64.3 Å². The molecule has 0 bridgehead atoms. The fraction of sp³-hybridized carbons (Fsp3) is 0.575. The third kappa shape index (κ3) is 13.5. The van der Waals surface area contributed by atoms with Gasteiger partial charge in [-0.3, -0.25) is 24.1 Å². The summed E-state index contributed by atoms with van der Waals surface area (Å²) in [6, 6.07) is 15.5. The molecule has 2 aliphatic heterocycles. The van der Waals surface area contributed by atoms with E-state index in [2.05, 4.69) is 26.4 Å². The lowest BCUT2D eigenvalue weighted by molar-refractivity contribution is -0.134. The van der Waals surface area contributed by atoms with Crippen molar-refractivity contribution in [2.75, 3.05) is 39.5 Å². The van der Waals surface area contributed by atoms with E-state index in [-0.39, 0.29) is 30.7 Å². The summed E-state index contributed by atoms with van der Waals surface area (Å²) in [5, 5.41) is 25.3. The third-order valence-electron chi connectivity index (χ3n) is 9.52. The summed E-state index contributed by atoms with van der Waals surface area (Å²) >= 11 is 0. The van der Waals surface area contributed by atoms with Crippen LogP contribution in [0.15, 0.2) is 65.8 Å². The number of rotatable bonds is 20. The van der Waals surface area contributed by atoms with Gasteiger partial charge in [-0.05, 0) is 55.6 Å². The molecule has 13 nitrogen and oxygen atoms in total. The summed E-state index contributed by atoms with van der Waals surface area (Å²) in [5.41, 5.74) is 1.40. The Kier molecular flexibility index (Phi) is 15.8. The van der Waals surface area contributed by atoms with Gasteiger partial charge < -0.3 is 35.9 Å². The first kappa shape index (κ1) is 41.4. The minimum absolute atomic E-state index is 0.0177. The highest BCUT2D eigenvalue weighted by Crippen LogP contribution is 2.31. The Hall–Kier alpha value is -4.33. The lowest BCUT2D eigenvalue weighted by Crippen LogP contribution is -2.59. The average Bonchev–Trinajstić information content (AvgIpc) is 3.87. The molecule has 4 rings (SSSR count). The SMILES string of the molecule is CC(C)C[C@H](NC(=O)[C@H](CCc1ccccc1)NC(=O)CN1CCOCC1)C(=O)N[C@@H](Cc1ccccc1)C(=O)N[C@@H](CC(C)C)C(=NO)[C@@]1(C)CO1. The number of aryl methyl sites for hydroxylation is 1. The Morgan fingerprint density at radius 2 is 1.26 bits per heavy atom. The van der Waals surface area contributed by atoms with E-state index in [1.807, 2.05) is 100 Å². The highest BCUT2D eigenvalue weighted by atomic mass is 16.6. The van der Waals surface area contributed by atoms with Crippen LogP contribution in [0.3, 0.4) is 0 Å². The zero-order valence-corrected chi connectivity index (χ0v) is 31.8. The number of hydrogen-bond donors (Lipinski definition) is 5. The first-order valence-electron chi connectivity index (χ1n) is 18.8. The van der Waals surface area contributed by atoms with Crippen LogP contribution < -0.4 is 21.3 Å². The second kappa shape index (κ2) is 20.2. The Morgan fingerprint density at radius 1 is 0.755 bits per heavy atom. The average molecular weight is 735 g/mol. The highest BCUT2D eigenvalue weighted by Gasteiger charge is 2.49. The maximum absolute atomic E-state index is 14.1. The van der Waals surface area contributed by atoms with Crippen LogP contribution in [-0.4, -0.2) is 109 Å². The van der Waals surface area contributed by atoms with Crippen LogP contribution in [0.25, 0.3) is 0 Å². The summed E-state index contributed by atoms with van der Waals surface area (Å²) in [4.78, 5) is 57.4. The normalized spacial score (nSPS) is 19.9. The minimum Gasteiger partial charge on any atom is -0.411 e. The molecule has 2 saturated heterocycles. The van der Waals surface area contributed by atoms with E-state index in [9.17, 15) is 24.4 Å². The number of carbonyl (C=O) groups is 4. The van der Waals surface area contributed by atoms with Crippen molar-refractivity contribution in [2.45, 2.75) is 96.5 Å². The number of ether oxygens (including phenoxy) is 2. The van der Waals surface area contributed by atoms with Gasteiger partial charge >= 0.3 is 0 Å². The molecule has 0 radical (unpaired) electrons. The maximum atomic E-state index is 14.1. The van der Waals surface area contributed by atoms with Gasteiger partial charge in [0.15, 0.2) is 0 Å². The third-order valence-corrected chi connectivity index (χ3v) is 9.52. The van der Waals surface area contributed by atoms with Crippen LogP contribution in [0.1, 0.15) is 65.0 Å². The number of amides is 4. The van der Waals surface area contributed by atoms with Gasteiger partial charge in [-0.1, -0.05) is 93.5 Å². The maximum Gasteiger partial charge on any atom is 0.243 e. The van der Waals surface area contributed by atoms with Crippen molar-refractivity contribution in [1.82, 2.24) is 26.2 Å². The van der Waals surface area contributed by atoms with Gasteiger partial charge in [-0.2, -0.15) is 0 Å². The summed E-state index contributed by atoms with van der Waals surface area (Å²) in [6.07, 6.45) is 1.85. The summed E-state index contributed by atoms with van der Waals surface area (Å²) in [6.45, 7) is 12.6. The minimum atomic E-state index is -1.01. The van der Waals surface area contributed by atoms with Crippen LogP contribution in [0.2, 0.25) is 0 Å². The molecule has 0 unspecified atom stereocenters. The molecular weight excluding hydrogens is 676 g/mol. The van der Waals surface area contributed by atoms with Crippen molar-refractivity contribution in [1.29, 1.82) is 0 Å². The topological polar surface area (TPSA) is 174 Å². The summed E-state index contributed by atoms with van der Waals surface area (Å²) < 4.78 is 11.0. The number of carbonyl (C=O) groups excluding carboxylic acids is 4. The molecule has 2 aromatic carbocycles. The van der Waals surface area contributed by atoms with Gasteiger partial charge in [-0.15, -0.1) is 0 Å². The molecule has 2 fully saturated rings. The van der Waals surface area contributed by atoms with Crippen LogP contribution in [-0.2, 0) is 41.5 Å². The second-order valence-corrected chi connectivity index (χ2v) is 15.2. The second-order valence-electron chi connectivity index (χ2n) is 15.2. The Morgan fingerprint density at radius 3 is 1.83 bits per heavy atom. The number of benzene rings is 2. The largest absolute Gasteiger partial charge is 0.411 e. The number of nitrogens with one attached hydrogen (secondary N) is 4. The molecule has 13 heteroatoms. The molecule has 5 N–H and O–H groups in total. The van der Waals surface area contributed by atoms with Crippen molar-refractivity contribution in [3.63, 3.8) is 0 Å². The number of nitrogens with zero attached hydrogens (tertiary/aromatic N) is 2. The fourth-order valence-electron chi connectivity index (χ4n) is 6.52. The monoisotopic (exact) mass is 734 g/mol. The Labute approximate surface area is 313 Å². The van der Waals surface area contributed by atoms with Crippen LogP contribution in [0.5, 0.6) is 0 Å². The smallest absolute Gasteiger partial charge is 0.243 e. The first-order chi connectivity index (χ1) is 25.4. The van der Waals surface area contributed by atoms with Gasteiger partial charge in [0.2, 0.25) is 23.6 Å². The van der Waals surface area contributed by atoms with Gasteiger partial charge in [0.05, 0.1) is 32.4 Å². The first-order valence-corrected chi connectivity index (χ1v) is 18.8.